The van der Waals surface area contributed by atoms with Crippen molar-refractivity contribution in [3.8, 4) is 0 Å². The Bertz CT molecular complexity index is 412. The first kappa shape index (κ1) is 18.2. The third-order valence-electron chi connectivity index (χ3n) is 3.76. The van der Waals surface area contributed by atoms with E-state index in [1.807, 2.05) is 0 Å². The van der Waals surface area contributed by atoms with E-state index in [9.17, 15) is 0 Å². The minimum atomic E-state index is 0.477. The highest BCUT2D eigenvalue weighted by Crippen LogP contribution is 2.17. The van der Waals surface area contributed by atoms with Crippen LogP contribution in [0.15, 0.2) is 10.5 Å². The van der Waals surface area contributed by atoms with Crippen LogP contribution in [0.5, 0.6) is 0 Å². The Kier molecular flexibility index (Phi) is 7.43. The zero-order valence-corrected chi connectivity index (χ0v) is 14.9. The molecule has 0 aromatic carbocycles. The van der Waals surface area contributed by atoms with E-state index in [0.29, 0.717) is 12.1 Å². The summed E-state index contributed by atoms with van der Waals surface area (Å²) in [7, 11) is 4.24. The Hall–Kier alpha value is -0.840. The van der Waals surface area contributed by atoms with Gasteiger partial charge in [0, 0.05) is 18.6 Å². The van der Waals surface area contributed by atoms with E-state index in [1.54, 1.807) is 0 Å². The van der Waals surface area contributed by atoms with E-state index in [-0.39, 0.29) is 0 Å². The van der Waals surface area contributed by atoms with Crippen LogP contribution in [0.4, 0.5) is 0 Å². The van der Waals surface area contributed by atoms with Gasteiger partial charge in [0.1, 0.15) is 11.5 Å². The molecule has 122 valence electrons. The van der Waals surface area contributed by atoms with Gasteiger partial charge < -0.3 is 14.6 Å². The molecule has 1 atom stereocenters. The summed E-state index contributed by atoms with van der Waals surface area (Å²) in [6.07, 6.45) is 0. The predicted octanol–water partition coefficient (Wildman–Crippen LogP) is 2.86. The zero-order valence-electron chi connectivity index (χ0n) is 14.9. The van der Waals surface area contributed by atoms with E-state index in [4.69, 9.17) is 4.42 Å². The van der Waals surface area contributed by atoms with Crippen LogP contribution in [-0.2, 0) is 13.1 Å². The summed E-state index contributed by atoms with van der Waals surface area (Å²) in [5.41, 5.74) is 1.24. The molecule has 21 heavy (non-hydrogen) atoms. The minimum absolute atomic E-state index is 0.477. The molecule has 0 radical (unpaired) electrons. The number of furan rings is 1. The molecule has 1 aromatic heterocycles. The van der Waals surface area contributed by atoms with Gasteiger partial charge in [-0.25, -0.2) is 0 Å². The second-order valence-electron chi connectivity index (χ2n) is 6.53. The maximum absolute atomic E-state index is 6.03. The fraction of sp³-hybridized carbons (Fsp3) is 0.765. The van der Waals surface area contributed by atoms with Crippen molar-refractivity contribution in [1.82, 2.24) is 15.1 Å². The lowest BCUT2D eigenvalue weighted by atomic mass is 10.2. The van der Waals surface area contributed by atoms with Gasteiger partial charge in [-0.1, -0.05) is 20.8 Å². The monoisotopic (exact) mass is 295 g/mol. The van der Waals surface area contributed by atoms with E-state index in [2.05, 4.69) is 69.9 Å². The highest BCUT2D eigenvalue weighted by Gasteiger charge is 2.16. The maximum atomic E-state index is 6.03. The summed E-state index contributed by atoms with van der Waals surface area (Å²) < 4.78 is 6.03. The Morgan fingerprint density at radius 2 is 1.90 bits per heavy atom. The summed E-state index contributed by atoms with van der Waals surface area (Å²) in [5, 5.41) is 3.42. The van der Waals surface area contributed by atoms with Gasteiger partial charge in [-0.2, -0.15) is 0 Å². The topological polar surface area (TPSA) is 31.6 Å². The first-order valence-corrected chi connectivity index (χ1v) is 8.03. The van der Waals surface area contributed by atoms with Crippen LogP contribution in [0.3, 0.4) is 0 Å². The Balaban J connectivity index is 2.66. The number of nitrogens with one attached hydrogen (secondary N) is 1. The van der Waals surface area contributed by atoms with Crippen molar-refractivity contribution in [3.63, 3.8) is 0 Å². The van der Waals surface area contributed by atoms with Gasteiger partial charge in [0.25, 0.3) is 0 Å². The molecule has 0 aliphatic heterocycles. The van der Waals surface area contributed by atoms with Gasteiger partial charge in [-0.3, -0.25) is 4.90 Å². The molecule has 4 heteroatoms. The summed E-state index contributed by atoms with van der Waals surface area (Å²) in [6.45, 7) is 14.7. The molecular weight excluding hydrogens is 262 g/mol. The first-order chi connectivity index (χ1) is 9.83. The molecule has 1 N–H and O–H groups in total. The summed E-state index contributed by atoms with van der Waals surface area (Å²) in [5.74, 6) is 2.13. The van der Waals surface area contributed by atoms with Crippen LogP contribution >= 0.6 is 0 Å². The fourth-order valence-corrected chi connectivity index (χ4v) is 2.56. The van der Waals surface area contributed by atoms with Crippen LogP contribution < -0.4 is 5.32 Å². The molecule has 0 aliphatic carbocycles. The average Bonchev–Trinajstić information content (AvgIpc) is 2.72. The maximum Gasteiger partial charge on any atom is 0.120 e. The number of likely N-dealkylation sites (N-methyl/N-ethyl adjacent to an activating group) is 2. The van der Waals surface area contributed by atoms with Crippen molar-refractivity contribution in [3.05, 3.63) is 23.2 Å². The summed E-state index contributed by atoms with van der Waals surface area (Å²) in [6, 6.07) is 3.18. The molecule has 0 amide bonds. The number of aryl methyl sites for hydroxylation is 1. The molecule has 4 nitrogen and oxygen atoms in total. The van der Waals surface area contributed by atoms with E-state index in [1.165, 1.54) is 5.56 Å². The zero-order chi connectivity index (χ0) is 16.0. The SMILES string of the molecule is CCN(Cc1cc(C)c(CNC(C)C)o1)C(C)CN(C)C. The lowest BCUT2D eigenvalue weighted by molar-refractivity contribution is 0.162. The predicted molar refractivity (Wildman–Crippen MR) is 89.5 cm³/mol. The molecule has 1 heterocycles. The van der Waals surface area contributed by atoms with Gasteiger partial charge in [0.15, 0.2) is 0 Å². The van der Waals surface area contributed by atoms with E-state index < -0.39 is 0 Å². The van der Waals surface area contributed by atoms with Crippen LogP contribution in [0.2, 0.25) is 0 Å². The van der Waals surface area contributed by atoms with Gasteiger partial charge in [0.2, 0.25) is 0 Å². The molecule has 0 saturated carbocycles. The Morgan fingerprint density at radius 3 is 2.43 bits per heavy atom. The number of nitrogens with zero attached hydrogens (tertiary/aromatic N) is 2. The summed E-state index contributed by atoms with van der Waals surface area (Å²) >= 11 is 0. The summed E-state index contributed by atoms with van der Waals surface area (Å²) in [4.78, 5) is 4.69. The smallest absolute Gasteiger partial charge is 0.120 e. The van der Waals surface area contributed by atoms with Crippen molar-refractivity contribution in [1.29, 1.82) is 0 Å². The largest absolute Gasteiger partial charge is 0.463 e. The van der Waals surface area contributed by atoms with Gasteiger partial charge in [-0.15, -0.1) is 0 Å². The van der Waals surface area contributed by atoms with Crippen molar-refractivity contribution in [2.75, 3.05) is 27.2 Å². The standard InChI is InChI=1S/C17H33N3O/c1-8-20(15(5)11-19(6)7)12-16-9-14(4)17(21-16)10-18-13(2)3/h9,13,15,18H,8,10-12H2,1-7H3. The molecular formula is C17H33N3O. The molecule has 1 aromatic rings. The van der Waals surface area contributed by atoms with Gasteiger partial charge in [0.05, 0.1) is 13.1 Å². The first-order valence-electron chi connectivity index (χ1n) is 8.03. The normalized spacial score (nSPS) is 13.6. The quantitative estimate of drug-likeness (QED) is 0.759. The van der Waals surface area contributed by atoms with Crippen molar-refractivity contribution < 1.29 is 4.42 Å². The van der Waals surface area contributed by atoms with E-state index in [0.717, 1.165) is 37.7 Å². The second kappa shape index (κ2) is 8.57. The Labute approximate surface area is 130 Å². The van der Waals surface area contributed by atoms with Crippen LogP contribution in [0.1, 0.15) is 44.8 Å². The number of hydrogen-bond acceptors (Lipinski definition) is 4. The molecule has 1 rings (SSSR count). The van der Waals surface area contributed by atoms with Gasteiger partial charge >= 0.3 is 0 Å². The highest BCUT2D eigenvalue weighted by atomic mass is 16.3. The lowest BCUT2D eigenvalue weighted by Gasteiger charge is -2.29. The molecule has 0 spiro atoms. The lowest BCUT2D eigenvalue weighted by Crippen LogP contribution is -2.39. The molecule has 0 fully saturated rings. The fourth-order valence-electron chi connectivity index (χ4n) is 2.56. The van der Waals surface area contributed by atoms with E-state index >= 15 is 0 Å². The van der Waals surface area contributed by atoms with Crippen molar-refractivity contribution in [2.24, 2.45) is 0 Å². The van der Waals surface area contributed by atoms with Gasteiger partial charge in [-0.05, 0) is 46.1 Å². The third kappa shape index (κ3) is 6.20. The van der Waals surface area contributed by atoms with Crippen LogP contribution in [0, 0.1) is 6.92 Å². The van der Waals surface area contributed by atoms with Crippen LogP contribution in [0.25, 0.3) is 0 Å². The minimum Gasteiger partial charge on any atom is -0.463 e. The number of rotatable bonds is 9. The Morgan fingerprint density at radius 1 is 1.24 bits per heavy atom. The van der Waals surface area contributed by atoms with Crippen molar-refractivity contribution >= 4 is 0 Å². The molecule has 0 saturated heterocycles. The van der Waals surface area contributed by atoms with Crippen molar-refractivity contribution in [2.45, 2.75) is 59.8 Å². The molecule has 0 aliphatic rings. The second-order valence-corrected chi connectivity index (χ2v) is 6.53. The molecule has 0 bridgehead atoms. The van der Waals surface area contributed by atoms with Crippen LogP contribution in [-0.4, -0.2) is 49.1 Å². The average molecular weight is 295 g/mol. The number of hydrogen-bond donors (Lipinski definition) is 1. The molecule has 1 unspecified atom stereocenters. The highest BCUT2D eigenvalue weighted by molar-refractivity contribution is 5.20. The third-order valence-corrected chi connectivity index (χ3v) is 3.76.